The third kappa shape index (κ3) is 3.87. The van der Waals surface area contributed by atoms with Gasteiger partial charge in [-0.05, 0) is 53.9 Å². The molecule has 1 aliphatic rings. The number of amides is 2. The minimum absolute atomic E-state index is 0.0139. The highest BCUT2D eigenvalue weighted by Crippen LogP contribution is 2.33. The van der Waals surface area contributed by atoms with Crippen molar-refractivity contribution in [2.24, 2.45) is 0 Å². The smallest absolute Gasteiger partial charge is 0.227 e. The largest absolute Gasteiger partial charge is 0.436 e. The summed E-state index contributed by atoms with van der Waals surface area (Å²) in [5, 5.41) is 2.96. The van der Waals surface area contributed by atoms with E-state index in [9.17, 15) is 9.59 Å². The van der Waals surface area contributed by atoms with E-state index in [1.165, 1.54) is 5.56 Å². The number of aromatic nitrogens is 1. The molecule has 160 valence electrons. The maximum absolute atomic E-state index is 12.9. The van der Waals surface area contributed by atoms with E-state index in [1.807, 2.05) is 66.7 Å². The maximum Gasteiger partial charge on any atom is 0.227 e. The third-order valence-electron chi connectivity index (χ3n) is 5.91. The Morgan fingerprint density at radius 1 is 1.03 bits per heavy atom. The van der Waals surface area contributed by atoms with Gasteiger partial charge in [0.05, 0.1) is 12.5 Å². The highest BCUT2D eigenvalue weighted by Gasteiger charge is 2.30. The van der Waals surface area contributed by atoms with Gasteiger partial charge in [0.2, 0.25) is 17.7 Å². The van der Waals surface area contributed by atoms with Crippen molar-refractivity contribution in [2.75, 3.05) is 11.9 Å². The second kappa shape index (κ2) is 8.30. The van der Waals surface area contributed by atoms with Gasteiger partial charge in [-0.2, -0.15) is 0 Å². The number of fused-ring (bicyclic) bond motifs is 2. The first-order valence-electron chi connectivity index (χ1n) is 10.7. The Morgan fingerprint density at radius 3 is 2.56 bits per heavy atom. The van der Waals surface area contributed by atoms with Gasteiger partial charge in [-0.1, -0.05) is 36.4 Å². The molecule has 1 aliphatic heterocycles. The highest BCUT2D eigenvalue weighted by atomic mass is 16.3. The van der Waals surface area contributed by atoms with Crippen LogP contribution in [0.1, 0.15) is 30.5 Å². The summed E-state index contributed by atoms with van der Waals surface area (Å²) in [5.74, 6) is 0.396. The quantitative estimate of drug-likeness (QED) is 0.501. The lowest BCUT2D eigenvalue weighted by atomic mass is 9.90. The third-order valence-corrected chi connectivity index (χ3v) is 5.91. The summed E-state index contributed by atoms with van der Waals surface area (Å²) in [6, 6.07) is 22.8. The number of benzene rings is 3. The molecule has 4 aromatic rings. The van der Waals surface area contributed by atoms with Crippen LogP contribution in [0.3, 0.4) is 0 Å². The van der Waals surface area contributed by atoms with Gasteiger partial charge < -0.3 is 14.6 Å². The fourth-order valence-electron chi connectivity index (χ4n) is 4.33. The fourth-order valence-corrected chi connectivity index (χ4v) is 4.33. The van der Waals surface area contributed by atoms with Crippen molar-refractivity contribution in [1.82, 2.24) is 9.88 Å². The van der Waals surface area contributed by atoms with Crippen LogP contribution in [0.4, 0.5) is 5.69 Å². The maximum atomic E-state index is 12.9. The number of anilines is 1. The Hall–Kier alpha value is -3.93. The van der Waals surface area contributed by atoms with Crippen LogP contribution in [0.5, 0.6) is 0 Å². The predicted molar refractivity (Wildman–Crippen MR) is 123 cm³/mol. The summed E-state index contributed by atoms with van der Waals surface area (Å²) in [6.45, 7) is 2.19. The number of oxazole rings is 1. The highest BCUT2D eigenvalue weighted by molar-refractivity contribution is 5.92. The number of carbonyl (C=O) groups is 2. The lowest BCUT2D eigenvalue weighted by Crippen LogP contribution is -2.40. The zero-order valence-electron chi connectivity index (χ0n) is 17.7. The van der Waals surface area contributed by atoms with E-state index >= 15 is 0 Å². The normalized spacial score (nSPS) is 15.4. The Morgan fingerprint density at radius 2 is 1.78 bits per heavy atom. The van der Waals surface area contributed by atoms with Crippen molar-refractivity contribution < 1.29 is 14.0 Å². The summed E-state index contributed by atoms with van der Waals surface area (Å²) < 4.78 is 5.81. The van der Waals surface area contributed by atoms with Crippen LogP contribution in [-0.2, 0) is 16.0 Å². The number of nitrogens with zero attached hydrogens (tertiary/aromatic N) is 2. The van der Waals surface area contributed by atoms with Crippen molar-refractivity contribution in [3.05, 3.63) is 83.9 Å². The molecule has 0 saturated heterocycles. The molecule has 1 atom stereocenters. The first kappa shape index (κ1) is 20.0. The first-order valence-corrected chi connectivity index (χ1v) is 10.7. The number of hydrogen-bond donors (Lipinski definition) is 1. The lowest BCUT2D eigenvalue weighted by molar-refractivity contribution is -0.132. The molecular weight excluding hydrogens is 402 g/mol. The summed E-state index contributed by atoms with van der Waals surface area (Å²) >= 11 is 0. The minimum Gasteiger partial charge on any atom is -0.436 e. The Bertz CT molecular complexity index is 1260. The van der Waals surface area contributed by atoms with E-state index in [0.29, 0.717) is 18.1 Å². The molecule has 32 heavy (non-hydrogen) atoms. The SMILES string of the molecule is CC(=O)N1CCc2ccccc2C1CC(=O)Nc1ccc(-c2nc3ccccc3o2)cc1. The van der Waals surface area contributed by atoms with E-state index in [-0.39, 0.29) is 24.3 Å². The summed E-state index contributed by atoms with van der Waals surface area (Å²) in [7, 11) is 0. The van der Waals surface area contributed by atoms with Crippen molar-refractivity contribution >= 4 is 28.6 Å². The van der Waals surface area contributed by atoms with E-state index in [0.717, 1.165) is 28.6 Å². The molecule has 0 bridgehead atoms. The molecule has 6 nitrogen and oxygen atoms in total. The zero-order chi connectivity index (χ0) is 22.1. The van der Waals surface area contributed by atoms with Gasteiger partial charge in [0.1, 0.15) is 5.52 Å². The molecule has 0 spiro atoms. The van der Waals surface area contributed by atoms with Gasteiger partial charge in [-0.3, -0.25) is 9.59 Å². The van der Waals surface area contributed by atoms with Gasteiger partial charge in [-0.15, -0.1) is 0 Å². The molecule has 2 heterocycles. The van der Waals surface area contributed by atoms with Gasteiger partial charge >= 0.3 is 0 Å². The van der Waals surface area contributed by atoms with E-state index in [2.05, 4.69) is 16.4 Å². The molecule has 1 aromatic heterocycles. The van der Waals surface area contributed by atoms with Crippen molar-refractivity contribution in [3.63, 3.8) is 0 Å². The Kier molecular flexibility index (Phi) is 5.19. The monoisotopic (exact) mass is 425 g/mol. The Labute approximate surface area is 185 Å². The number of nitrogens with one attached hydrogen (secondary N) is 1. The number of hydrogen-bond acceptors (Lipinski definition) is 4. The molecule has 6 heteroatoms. The van der Waals surface area contributed by atoms with E-state index < -0.39 is 0 Å². The van der Waals surface area contributed by atoms with Crippen LogP contribution in [0.15, 0.2) is 77.2 Å². The number of rotatable bonds is 4. The Balaban J connectivity index is 1.31. The molecule has 2 amide bonds. The second-order valence-electron chi connectivity index (χ2n) is 7.99. The van der Waals surface area contributed by atoms with Crippen molar-refractivity contribution in [1.29, 1.82) is 0 Å². The van der Waals surface area contributed by atoms with Crippen LogP contribution in [0.2, 0.25) is 0 Å². The first-order chi connectivity index (χ1) is 15.6. The van der Waals surface area contributed by atoms with Gasteiger partial charge in [0, 0.05) is 24.7 Å². The van der Waals surface area contributed by atoms with Crippen LogP contribution in [0.25, 0.3) is 22.6 Å². The predicted octanol–water partition coefficient (Wildman–Crippen LogP) is 4.97. The second-order valence-corrected chi connectivity index (χ2v) is 7.99. The minimum atomic E-state index is -0.253. The number of para-hydroxylation sites is 2. The number of carbonyl (C=O) groups excluding carboxylic acids is 2. The fraction of sp³-hybridized carbons (Fsp3) is 0.192. The molecule has 3 aromatic carbocycles. The lowest BCUT2D eigenvalue weighted by Gasteiger charge is -2.36. The molecule has 0 fully saturated rings. The zero-order valence-corrected chi connectivity index (χ0v) is 17.7. The van der Waals surface area contributed by atoms with Gasteiger partial charge in [0.25, 0.3) is 0 Å². The van der Waals surface area contributed by atoms with Crippen molar-refractivity contribution in [2.45, 2.75) is 25.8 Å². The van der Waals surface area contributed by atoms with Crippen LogP contribution >= 0.6 is 0 Å². The average Bonchev–Trinajstić information content (AvgIpc) is 3.24. The molecule has 1 N–H and O–H groups in total. The van der Waals surface area contributed by atoms with Crippen LogP contribution in [-0.4, -0.2) is 28.2 Å². The molecular formula is C26H23N3O3. The summed E-state index contributed by atoms with van der Waals surface area (Å²) in [5.41, 5.74) is 5.32. The summed E-state index contributed by atoms with van der Waals surface area (Å²) in [4.78, 5) is 31.3. The van der Waals surface area contributed by atoms with E-state index in [1.54, 1.807) is 11.8 Å². The molecule has 0 aliphatic carbocycles. The topological polar surface area (TPSA) is 75.4 Å². The molecule has 1 unspecified atom stereocenters. The van der Waals surface area contributed by atoms with Gasteiger partial charge in [0.15, 0.2) is 5.58 Å². The molecule has 0 radical (unpaired) electrons. The standard InChI is InChI=1S/C26H23N3O3/c1-17(30)29-15-14-18-6-2-3-7-21(18)23(29)16-25(31)27-20-12-10-19(11-13-20)26-28-22-8-4-5-9-24(22)32-26/h2-13,23H,14-16H2,1H3,(H,27,31). The van der Waals surface area contributed by atoms with Gasteiger partial charge in [-0.25, -0.2) is 4.98 Å². The average molecular weight is 425 g/mol. The van der Waals surface area contributed by atoms with E-state index in [4.69, 9.17) is 4.42 Å². The van der Waals surface area contributed by atoms with Crippen LogP contribution in [0, 0.1) is 0 Å². The molecule has 5 rings (SSSR count). The van der Waals surface area contributed by atoms with Crippen molar-refractivity contribution in [3.8, 4) is 11.5 Å². The van der Waals surface area contributed by atoms with Crippen LogP contribution < -0.4 is 5.32 Å². The summed E-state index contributed by atoms with van der Waals surface area (Å²) in [6.07, 6.45) is 1.02. The molecule has 0 saturated carbocycles.